The number of fused-ring (bicyclic) bond motifs is 1. The van der Waals surface area contributed by atoms with E-state index in [1.165, 1.54) is 6.07 Å². The highest BCUT2D eigenvalue weighted by Gasteiger charge is 2.32. The fourth-order valence-corrected chi connectivity index (χ4v) is 3.62. The van der Waals surface area contributed by atoms with Gasteiger partial charge in [0, 0.05) is 40.7 Å². The van der Waals surface area contributed by atoms with E-state index in [0.717, 1.165) is 40.3 Å². The lowest BCUT2D eigenvalue weighted by molar-refractivity contribution is 0.434. The lowest BCUT2D eigenvalue weighted by atomic mass is 9.90. The number of H-pyrrole nitrogens is 1. The summed E-state index contributed by atoms with van der Waals surface area (Å²) in [6.45, 7) is 8.44. The Morgan fingerprint density at radius 3 is 2.78 bits per heavy atom. The van der Waals surface area contributed by atoms with Crippen molar-refractivity contribution in [1.29, 1.82) is 0 Å². The summed E-state index contributed by atoms with van der Waals surface area (Å²) in [5.41, 5.74) is 11.4. The normalized spacial score (nSPS) is 15.1. The Labute approximate surface area is 157 Å². The van der Waals surface area contributed by atoms with E-state index in [0.29, 0.717) is 11.5 Å². The van der Waals surface area contributed by atoms with Crippen LogP contribution in [0.3, 0.4) is 0 Å². The van der Waals surface area contributed by atoms with Crippen LogP contribution in [0.25, 0.3) is 17.0 Å². The zero-order valence-corrected chi connectivity index (χ0v) is 15.4. The van der Waals surface area contributed by atoms with Crippen molar-refractivity contribution in [2.45, 2.75) is 25.8 Å². The summed E-state index contributed by atoms with van der Waals surface area (Å²) in [4.78, 5) is 7.57. The number of hydrogen-bond acceptors (Lipinski definition) is 4. The largest absolute Gasteiger partial charge is 0.384 e. The first-order valence-electron chi connectivity index (χ1n) is 8.80. The number of benzene rings is 1. The Hall–Kier alpha value is -3.28. The second kappa shape index (κ2) is 6.16. The van der Waals surface area contributed by atoms with Crippen LogP contribution in [0.1, 0.15) is 25.1 Å². The van der Waals surface area contributed by atoms with Gasteiger partial charge in [-0.3, -0.25) is 0 Å². The van der Waals surface area contributed by atoms with Crippen LogP contribution in [0.5, 0.6) is 0 Å². The standard InChI is InChI=1S/C21H22FN5/c1-12-18-16(11-21(2,3)27-12)26-19(13-8-9-24-17(23)10-13)20(18)25-15-7-5-4-6-14(15)22/h4-10,25-27H,1,11H2,2-3H3,(H2,23,24). The van der Waals surface area contributed by atoms with E-state index < -0.39 is 0 Å². The third-order valence-corrected chi connectivity index (χ3v) is 4.69. The Morgan fingerprint density at radius 2 is 2.04 bits per heavy atom. The average Bonchev–Trinajstić information content (AvgIpc) is 2.94. The van der Waals surface area contributed by atoms with Crippen LogP contribution in [0.2, 0.25) is 0 Å². The quantitative estimate of drug-likeness (QED) is 0.555. The lowest BCUT2D eigenvalue weighted by Gasteiger charge is -2.33. The van der Waals surface area contributed by atoms with E-state index in [4.69, 9.17) is 5.73 Å². The number of halogens is 1. The molecular formula is C21H22FN5. The minimum absolute atomic E-state index is 0.126. The summed E-state index contributed by atoms with van der Waals surface area (Å²) in [7, 11) is 0. The maximum Gasteiger partial charge on any atom is 0.146 e. The van der Waals surface area contributed by atoms with Crippen molar-refractivity contribution >= 4 is 22.9 Å². The van der Waals surface area contributed by atoms with Crippen LogP contribution >= 0.6 is 0 Å². The molecular weight excluding hydrogens is 341 g/mol. The molecule has 0 amide bonds. The molecule has 3 aromatic rings. The van der Waals surface area contributed by atoms with Crippen LogP contribution in [0.15, 0.2) is 49.2 Å². The van der Waals surface area contributed by atoms with Crippen molar-refractivity contribution in [3.8, 4) is 11.3 Å². The predicted octanol–water partition coefficient (Wildman–Crippen LogP) is 4.44. The molecule has 5 nitrogen and oxygen atoms in total. The molecule has 138 valence electrons. The average molecular weight is 363 g/mol. The maximum absolute atomic E-state index is 14.3. The smallest absolute Gasteiger partial charge is 0.146 e. The first-order valence-corrected chi connectivity index (χ1v) is 8.80. The van der Waals surface area contributed by atoms with Gasteiger partial charge in [0.05, 0.1) is 17.1 Å². The van der Waals surface area contributed by atoms with Gasteiger partial charge >= 0.3 is 0 Å². The summed E-state index contributed by atoms with van der Waals surface area (Å²) in [6.07, 6.45) is 2.45. The van der Waals surface area contributed by atoms with Crippen molar-refractivity contribution in [2.75, 3.05) is 11.1 Å². The second-order valence-corrected chi connectivity index (χ2v) is 7.47. The van der Waals surface area contributed by atoms with Gasteiger partial charge in [-0.1, -0.05) is 18.7 Å². The number of aromatic nitrogens is 2. The highest BCUT2D eigenvalue weighted by atomic mass is 19.1. The molecule has 4 rings (SSSR count). The van der Waals surface area contributed by atoms with Crippen molar-refractivity contribution < 1.29 is 4.39 Å². The number of para-hydroxylation sites is 1. The third-order valence-electron chi connectivity index (χ3n) is 4.69. The van der Waals surface area contributed by atoms with E-state index in [1.54, 1.807) is 30.5 Å². The number of hydrogen-bond donors (Lipinski definition) is 4. The number of pyridine rings is 1. The number of anilines is 3. The fraction of sp³-hybridized carbons (Fsp3) is 0.190. The molecule has 2 aromatic heterocycles. The molecule has 0 spiro atoms. The molecule has 0 saturated heterocycles. The van der Waals surface area contributed by atoms with Crippen LogP contribution in [0, 0.1) is 5.82 Å². The predicted molar refractivity (Wildman–Crippen MR) is 108 cm³/mol. The molecule has 0 saturated carbocycles. The van der Waals surface area contributed by atoms with Gasteiger partial charge in [-0.15, -0.1) is 0 Å². The number of nitrogen functional groups attached to an aromatic ring is 1. The number of nitrogens with zero attached hydrogens (tertiary/aromatic N) is 1. The van der Waals surface area contributed by atoms with Crippen molar-refractivity contribution in [2.24, 2.45) is 0 Å². The minimum atomic E-state index is -0.317. The Bertz CT molecular complexity index is 1030. The molecule has 0 fully saturated rings. The first kappa shape index (κ1) is 17.1. The fourth-order valence-electron chi connectivity index (χ4n) is 3.62. The topological polar surface area (TPSA) is 78.8 Å². The molecule has 0 atom stereocenters. The van der Waals surface area contributed by atoms with Crippen LogP contribution in [0.4, 0.5) is 21.6 Å². The Morgan fingerprint density at radius 1 is 1.26 bits per heavy atom. The van der Waals surface area contributed by atoms with E-state index >= 15 is 0 Å². The first-order chi connectivity index (χ1) is 12.8. The molecule has 0 aliphatic carbocycles. The number of rotatable bonds is 3. The van der Waals surface area contributed by atoms with Gasteiger partial charge in [-0.2, -0.15) is 0 Å². The molecule has 1 aromatic carbocycles. The molecule has 3 heterocycles. The van der Waals surface area contributed by atoms with Crippen LogP contribution < -0.4 is 16.4 Å². The summed E-state index contributed by atoms with van der Waals surface area (Å²) in [5.74, 6) is 0.108. The molecule has 1 aliphatic rings. The lowest BCUT2D eigenvalue weighted by Crippen LogP contribution is -2.43. The third kappa shape index (κ3) is 3.14. The van der Waals surface area contributed by atoms with Gasteiger partial charge in [-0.05, 0) is 38.1 Å². The van der Waals surface area contributed by atoms with E-state index in [9.17, 15) is 4.39 Å². The van der Waals surface area contributed by atoms with Gasteiger partial charge in [-0.25, -0.2) is 9.37 Å². The number of nitrogens with one attached hydrogen (secondary N) is 3. The monoisotopic (exact) mass is 363 g/mol. The van der Waals surface area contributed by atoms with Crippen molar-refractivity contribution in [3.63, 3.8) is 0 Å². The molecule has 0 radical (unpaired) electrons. The van der Waals surface area contributed by atoms with Crippen molar-refractivity contribution in [1.82, 2.24) is 15.3 Å². The SMILES string of the molecule is C=C1NC(C)(C)Cc2[nH]c(-c3ccnc(N)c3)c(Nc3ccccc3F)c21. The Kier molecular flexibility index (Phi) is 3.91. The van der Waals surface area contributed by atoms with Gasteiger partial charge in [0.2, 0.25) is 0 Å². The van der Waals surface area contributed by atoms with Crippen LogP contribution in [-0.4, -0.2) is 15.5 Å². The highest BCUT2D eigenvalue weighted by molar-refractivity contribution is 5.91. The molecule has 5 N–H and O–H groups in total. The van der Waals surface area contributed by atoms with Gasteiger partial charge in [0.1, 0.15) is 11.6 Å². The summed E-state index contributed by atoms with van der Waals surface area (Å²) in [6, 6.07) is 10.3. The van der Waals surface area contributed by atoms with E-state index in [2.05, 4.69) is 41.0 Å². The molecule has 1 aliphatic heterocycles. The molecule has 27 heavy (non-hydrogen) atoms. The maximum atomic E-state index is 14.3. The van der Waals surface area contributed by atoms with E-state index in [1.807, 2.05) is 6.07 Å². The van der Waals surface area contributed by atoms with Gasteiger partial charge in [0.25, 0.3) is 0 Å². The van der Waals surface area contributed by atoms with E-state index in [-0.39, 0.29) is 11.4 Å². The van der Waals surface area contributed by atoms with Gasteiger partial charge in [0.15, 0.2) is 0 Å². The summed E-state index contributed by atoms with van der Waals surface area (Å²) < 4.78 is 14.3. The zero-order chi connectivity index (χ0) is 19.2. The molecule has 6 heteroatoms. The van der Waals surface area contributed by atoms with Crippen LogP contribution in [-0.2, 0) is 6.42 Å². The van der Waals surface area contributed by atoms with Gasteiger partial charge < -0.3 is 21.4 Å². The summed E-state index contributed by atoms with van der Waals surface area (Å²) >= 11 is 0. The number of aromatic amines is 1. The van der Waals surface area contributed by atoms with Crippen molar-refractivity contribution in [3.05, 3.63) is 66.2 Å². The molecule has 0 unspecified atom stereocenters. The zero-order valence-electron chi connectivity index (χ0n) is 15.4. The Balaban J connectivity index is 1.91. The summed E-state index contributed by atoms with van der Waals surface area (Å²) in [5, 5.41) is 6.70. The molecule has 0 bridgehead atoms. The number of nitrogens with two attached hydrogens (primary N) is 1. The second-order valence-electron chi connectivity index (χ2n) is 7.47. The minimum Gasteiger partial charge on any atom is -0.384 e. The highest BCUT2D eigenvalue weighted by Crippen LogP contribution is 2.42.